The molecule has 1 N–H and O–H groups in total. The van der Waals surface area contributed by atoms with Crippen molar-refractivity contribution in [2.45, 2.75) is 39.2 Å². The van der Waals surface area contributed by atoms with Crippen molar-refractivity contribution in [1.82, 2.24) is 4.98 Å². The lowest BCUT2D eigenvalue weighted by Gasteiger charge is -2.08. The Morgan fingerprint density at radius 2 is 2.05 bits per heavy atom. The summed E-state index contributed by atoms with van der Waals surface area (Å²) in [5.74, 6) is 0.224. The van der Waals surface area contributed by atoms with Gasteiger partial charge in [0.1, 0.15) is 11.3 Å². The standard InChI is InChI=1S/C16H21NO2/c1-2-3-4-5-11-19-12-13-8-9-15(18)16-14(13)7-6-10-17-16/h6-10,18H,2-5,11-12H2,1H3. The fourth-order valence-electron chi connectivity index (χ4n) is 2.16. The predicted octanol–water partition coefficient (Wildman–Crippen LogP) is 4.04. The van der Waals surface area contributed by atoms with Gasteiger partial charge in [0.25, 0.3) is 0 Å². The third-order valence-corrected chi connectivity index (χ3v) is 3.24. The minimum absolute atomic E-state index is 0.224. The van der Waals surface area contributed by atoms with E-state index >= 15 is 0 Å². The number of phenolic OH excluding ortho intramolecular Hbond substituents is 1. The van der Waals surface area contributed by atoms with Crippen LogP contribution in [0, 0.1) is 0 Å². The molecule has 0 amide bonds. The SMILES string of the molecule is CCCCCCOCc1ccc(O)c2ncccc12. The van der Waals surface area contributed by atoms with Gasteiger partial charge >= 0.3 is 0 Å². The minimum atomic E-state index is 0.224. The van der Waals surface area contributed by atoms with Crippen LogP contribution in [-0.2, 0) is 11.3 Å². The zero-order chi connectivity index (χ0) is 13.5. The number of benzene rings is 1. The molecule has 0 spiro atoms. The lowest BCUT2D eigenvalue weighted by molar-refractivity contribution is 0.117. The summed E-state index contributed by atoms with van der Waals surface area (Å²) in [6.07, 6.45) is 6.55. The Labute approximate surface area is 114 Å². The Morgan fingerprint density at radius 1 is 1.16 bits per heavy atom. The molecule has 0 aliphatic carbocycles. The van der Waals surface area contributed by atoms with Gasteiger partial charge in [-0.15, -0.1) is 0 Å². The number of unbranched alkanes of at least 4 members (excludes halogenated alkanes) is 3. The summed E-state index contributed by atoms with van der Waals surface area (Å²) in [7, 11) is 0. The van der Waals surface area contributed by atoms with Gasteiger partial charge < -0.3 is 9.84 Å². The van der Waals surface area contributed by atoms with Crippen LogP contribution in [0.5, 0.6) is 5.75 Å². The van der Waals surface area contributed by atoms with Gasteiger partial charge in [-0.25, -0.2) is 0 Å². The molecule has 0 saturated carbocycles. The van der Waals surface area contributed by atoms with Crippen molar-refractivity contribution in [3.63, 3.8) is 0 Å². The van der Waals surface area contributed by atoms with Crippen molar-refractivity contribution in [3.8, 4) is 5.75 Å². The van der Waals surface area contributed by atoms with Gasteiger partial charge in [0.05, 0.1) is 6.61 Å². The molecule has 0 bridgehead atoms. The van der Waals surface area contributed by atoms with Gasteiger partial charge in [0, 0.05) is 18.2 Å². The van der Waals surface area contributed by atoms with Crippen molar-refractivity contribution in [1.29, 1.82) is 0 Å². The third-order valence-electron chi connectivity index (χ3n) is 3.24. The first-order valence-corrected chi connectivity index (χ1v) is 6.96. The number of hydrogen-bond donors (Lipinski definition) is 1. The zero-order valence-electron chi connectivity index (χ0n) is 11.4. The Morgan fingerprint density at radius 3 is 2.89 bits per heavy atom. The molecule has 0 fully saturated rings. The Bertz CT molecular complexity index is 525. The first-order valence-electron chi connectivity index (χ1n) is 6.96. The van der Waals surface area contributed by atoms with Gasteiger partial charge in [-0.2, -0.15) is 0 Å². The van der Waals surface area contributed by atoms with Crippen molar-refractivity contribution in [3.05, 3.63) is 36.0 Å². The summed E-state index contributed by atoms with van der Waals surface area (Å²) >= 11 is 0. The highest BCUT2D eigenvalue weighted by molar-refractivity contribution is 5.86. The van der Waals surface area contributed by atoms with E-state index in [4.69, 9.17) is 4.74 Å². The van der Waals surface area contributed by atoms with Crippen molar-refractivity contribution in [2.75, 3.05) is 6.61 Å². The van der Waals surface area contributed by atoms with Crippen LogP contribution in [0.3, 0.4) is 0 Å². The highest BCUT2D eigenvalue weighted by Crippen LogP contribution is 2.25. The Balaban J connectivity index is 1.96. The highest BCUT2D eigenvalue weighted by atomic mass is 16.5. The molecule has 0 unspecified atom stereocenters. The van der Waals surface area contributed by atoms with E-state index in [-0.39, 0.29) is 5.75 Å². The summed E-state index contributed by atoms with van der Waals surface area (Å²) in [4.78, 5) is 4.20. The van der Waals surface area contributed by atoms with E-state index in [1.807, 2.05) is 18.2 Å². The molecule has 1 aromatic heterocycles. The second-order valence-electron chi connectivity index (χ2n) is 4.76. The molecule has 0 atom stereocenters. The molecular weight excluding hydrogens is 238 g/mol. The lowest BCUT2D eigenvalue weighted by Crippen LogP contribution is -1.97. The quantitative estimate of drug-likeness (QED) is 0.763. The van der Waals surface area contributed by atoms with Gasteiger partial charge in [-0.3, -0.25) is 4.98 Å². The number of ether oxygens (including phenoxy) is 1. The summed E-state index contributed by atoms with van der Waals surface area (Å²) < 4.78 is 5.70. The molecule has 2 rings (SSSR count). The first kappa shape index (κ1) is 13.8. The number of nitrogens with zero attached hydrogens (tertiary/aromatic N) is 1. The van der Waals surface area contributed by atoms with Crippen LogP contribution in [0.2, 0.25) is 0 Å². The Hall–Kier alpha value is -1.61. The third kappa shape index (κ3) is 3.67. The number of phenols is 1. The molecule has 2 aromatic rings. The van der Waals surface area contributed by atoms with E-state index in [1.54, 1.807) is 12.3 Å². The van der Waals surface area contributed by atoms with Crippen LogP contribution in [0.4, 0.5) is 0 Å². The van der Waals surface area contributed by atoms with E-state index in [9.17, 15) is 5.11 Å². The van der Waals surface area contributed by atoms with Crippen molar-refractivity contribution >= 4 is 10.9 Å². The topological polar surface area (TPSA) is 42.4 Å². The van der Waals surface area contributed by atoms with Crippen LogP contribution < -0.4 is 0 Å². The van der Waals surface area contributed by atoms with Gasteiger partial charge in [0.2, 0.25) is 0 Å². The molecule has 0 saturated heterocycles. The fraction of sp³-hybridized carbons (Fsp3) is 0.438. The molecule has 1 aromatic carbocycles. The molecule has 3 heteroatoms. The van der Waals surface area contributed by atoms with Gasteiger partial charge in [-0.1, -0.05) is 38.3 Å². The van der Waals surface area contributed by atoms with Crippen LogP contribution in [0.1, 0.15) is 38.2 Å². The van der Waals surface area contributed by atoms with Crippen LogP contribution in [-0.4, -0.2) is 16.7 Å². The summed E-state index contributed by atoms with van der Waals surface area (Å²) in [6.45, 7) is 3.58. The maximum atomic E-state index is 9.76. The normalized spacial score (nSPS) is 11.0. The van der Waals surface area contributed by atoms with E-state index in [1.165, 1.54) is 19.3 Å². The van der Waals surface area contributed by atoms with Gasteiger partial charge in [-0.05, 0) is 24.1 Å². The molecule has 0 aliphatic rings. The summed E-state index contributed by atoms with van der Waals surface area (Å²) in [5, 5.41) is 10.7. The van der Waals surface area contributed by atoms with Crippen molar-refractivity contribution in [2.24, 2.45) is 0 Å². The van der Waals surface area contributed by atoms with E-state index < -0.39 is 0 Å². The lowest BCUT2D eigenvalue weighted by atomic mass is 10.1. The number of aromatic hydroxyl groups is 1. The monoisotopic (exact) mass is 259 g/mol. The average molecular weight is 259 g/mol. The van der Waals surface area contributed by atoms with Gasteiger partial charge in [0.15, 0.2) is 0 Å². The second kappa shape index (κ2) is 7.10. The Kier molecular flexibility index (Phi) is 5.16. The molecule has 102 valence electrons. The summed E-state index contributed by atoms with van der Waals surface area (Å²) in [5.41, 5.74) is 1.73. The van der Waals surface area contributed by atoms with Crippen LogP contribution in [0.25, 0.3) is 10.9 Å². The molecule has 0 aliphatic heterocycles. The largest absolute Gasteiger partial charge is 0.506 e. The van der Waals surface area contributed by atoms with Crippen LogP contribution in [0.15, 0.2) is 30.5 Å². The molecule has 19 heavy (non-hydrogen) atoms. The molecule has 0 radical (unpaired) electrons. The number of aromatic nitrogens is 1. The average Bonchev–Trinajstić information content (AvgIpc) is 2.45. The maximum Gasteiger partial charge on any atom is 0.141 e. The molecule has 3 nitrogen and oxygen atoms in total. The fourth-order valence-corrected chi connectivity index (χ4v) is 2.16. The zero-order valence-corrected chi connectivity index (χ0v) is 11.4. The van der Waals surface area contributed by atoms with E-state index in [0.29, 0.717) is 12.1 Å². The molecular formula is C16H21NO2. The number of fused-ring (bicyclic) bond motifs is 1. The van der Waals surface area contributed by atoms with E-state index in [2.05, 4.69) is 11.9 Å². The molecule has 1 heterocycles. The van der Waals surface area contributed by atoms with Crippen LogP contribution >= 0.6 is 0 Å². The smallest absolute Gasteiger partial charge is 0.141 e. The van der Waals surface area contributed by atoms with Crippen molar-refractivity contribution < 1.29 is 9.84 Å². The number of pyridine rings is 1. The highest BCUT2D eigenvalue weighted by Gasteiger charge is 2.05. The number of rotatable bonds is 7. The summed E-state index contributed by atoms with van der Waals surface area (Å²) in [6, 6.07) is 7.45. The first-order chi connectivity index (χ1) is 9.33. The van der Waals surface area contributed by atoms with E-state index in [0.717, 1.165) is 24.0 Å². The predicted molar refractivity (Wildman–Crippen MR) is 77.2 cm³/mol. The maximum absolute atomic E-state index is 9.76. The number of hydrogen-bond acceptors (Lipinski definition) is 3. The second-order valence-corrected chi connectivity index (χ2v) is 4.76. The minimum Gasteiger partial charge on any atom is -0.506 e.